The molecule has 18 heavy (non-hydrogen) atoms. The van der Waals surface area contributed by atoms with Gasteiger partial charge in [0.1, 0.15) is 4.99 Å². The summed E-state index contributed by atoms with van der Waals surface area (Å²) in [6.07, 6.45) is 1.96. The molecule has 1 amide bonds. The average molecular weight is 283 g/mol. The fourth-order valence-corrected chi connectivity index (χ4v) is 2.67. The summed E-state index contributed by atoms with van der Waals surface area (Å²) >= 11 is 6.68. The Balaban J connectivity index is 3.28. The Bertz CT molecular complexity index is 463. The van der Waals surface area contributed by atoms with Crippen molar-refractivity contribution in [2.24, 2.45) is 11.5 Å². The van der Waals surface area contributed by atoms with E-state index in [0.29, 0.717) is 11.5 Å². The van der Waals surface area contributed by atoms with Gasteiger partial charge < -0.3 is 16.4 Å². The number of carbonyl (C=O) groups is 1. The van der Waals surface area contributed by atoms with Gasteiger partial charge in [0.05, 0.1) is 6.54 Å². The van der Waals surface area contributed by atoms with Crippen LogP contribution in [0, 0.1) is 0 Å². The number of amides is 1. The number of hydrogen-bond acceptors (Lipinski definition) is 4. The molecule has 0 unspecified atom stereocenters. The number of rotatable bonds is 6. The van der Waals surface area contributed by atoms with Crippen molar-refractivity contribution in [3.63, 3.8) is 0 Å². The molecule has 0 heterocycles. The highest BCUT2D eigenvalue weighted by molar-refractivity contribution is 7.98. The molecular weight excluding hydrogens is 266 g/mol. The van der Waals surface area contributed by atoms with Crippen molar-refractivity contribution in [3.05, 3.63) is 23.8 Å². The zero-order valence-corrected chi connectivity index (χ0v) is 12.1. The fourth-order valence-electron chi connectivity index (χ4n) is 1.76. The van der Waals surface area contributed by atoms with E-state index >= 15 is 0 Å². The third-order valence-electron chi connectivity index (χ3n) is 2.54. The number of likely N-dealkylation sites (N-methyl/N-ethyl adjacent to an activating group) is 1. The van der Waals surface area contributed by atoms with Gasteiger partial charge in [-0.25, -0.2) is 0 Å². The molecule has 4 nitrogen and oxygen atoms in total. The van der Waals surface area contributed by atoms with E-state index in [4.69, 9.17) is 23.7 Å². The maximum absolute atomic E-state index is 11.1. The summed E-state index contributed by atoms with van der Waals surface area (Å²) in [4.78, 5) is 14.3. The summed E-state index contributed by atoms with van der Waals surface area (Å²) in [5.74, 6) is -0.375. The van der Waals surface area contributed by atoms with Crippen LogP contribution in [0.3, 0.4) is 0 Å². The van der Waals surface area contributed by atoms with Crippen molar-refractivity contribution < 1.29 is 4.79 Å². The van der Waals surface area contributed by atoms with Crippen LogP contribution in [0.25, 0.3) is 0 Å². The van der Waals surface area contributed by atoms with E-state index in [0.717, 1.165) is 16.1 Å². The number of nitrogens with two attached hydrogens (primary N) is 2. The second kappa shape index (κ2) is 6.61. The van der Waals surface area contributed by atoms with E-state index in [1.807, 2.05) is 36.3 Å². The second-order valence-corrected chi connectivity index (χ2v) is 4.99. The normalized spacial score (nSPS) is 10.1. The zero-order valence-electron chi connectivity index (χ0n) is 10.5. The van der Waals surface area contributed by atoms with Crippen LogP contribution in [0.4, 0.5) is 5.69 Å². The standard InChI is InChI=1S/C12H17N3OS2/c1-3-15(7-10(13)16)8-5-4-6-9(18-2)11(8)12(14)17/h4-6H,3,7H2,1-2H3,(H2,13,16)(H2,14,17). The summed E-state index contributed by atoms with van der Waals surface area (Å²) in [5.41, 5.74) is 12.7. The summed E-state index contributed by atoms with van der Waals surface area (Å²) in [5, 5.41) is 0. The van der Waals surface area contributed by atoms with Gasteiger partial charge in [0.15, 0.2) is 0 Å². The largest absolute Gasteiger partial charge is 0.389 e. The van der Waals surface area contributed by atoms with Crippen LogP contribution in [-0.2, 0) is 4.79 Å². The van der Waals surface area contributed by atoms with E-state index in [2.05, 4.69) is 0 Å². The Morgan fingerprint density at radius 3 is 2.56 bits per heavy atom. The lowest BCUT2D eigenvalue weighted by molar-refractivity contribution is -0.116. The molecule has 4 N–H and O–H groups in total. The first-order valence-electron chi connectivity index (χ1n) is 5.51. The van der Waals surface area contributed by atoms with Crippen molar-refractivity contribution in [3.8, 4) is 0 Å². The predicted octanol–water partition coefficient (Wildman–Crippen LogP) is 1.35. The van der Waals surface area contributed by atoms with Crippen molar-refractivity contribution in [2.75, 3.05) is 24.2 Å². The van der Waals surface area contributed by atoms with Crippen molar-refractivity contribution in [1.82, 2.24) is 0 Å². The molecular formula is C12H17N3OS2. The first kappa shape index (κ1) is 14.8. The van der Waals surface area contributed by atoms with E-state index < -0.39 is 0 Å². The maximum Gasteiger partial charge on any atom is 0.236 e. The summed E-state index contributed by atoms with van der Waals surface area (Å²) in [7, 11) is 0. The number of primary amides is 1. The molecule has 0 aliphatic heterocycles. The predicted molar refractivity (Wildman–Crippen MR) is 81.2 cm³/mol. The van der Waals surface area contributed by atoms with Gasteiger partial charge >= 0.3 is 0 Å². The molecule has 98 valence electrons. The minimum Gasteiger partial charge on any atom is -0.389 e. The van der Waals surface area contributed by atoms with E-state index in [-0.39, 0.29) is 12.5 Å². The number of benzene rings is 1. The first-order valence-corrected chi connectivity index (χ1v) is 7.14. The third-order valence-corrected chi connectivity index (χ3v) is 3.52. The Hall–Kier alpha value is -1.27. The van der Waals surface area contributed by atoms with Gasteiger partial charge in [-0.3, -0.25) is 4.79 Å². The van der Waals surface area contributed by atoms with Crippen LogP contribution in [0.1, 0.15) is 12.5 Å². The number of thioether (sulfide) groups is 1. The van der Waals surface area contributed by atoms with Gasteiger partial charge in [0.2, 0.25) is 5.91 Å². The molecule has 0 radical (unpaired) electrons. The number of hydrogen-bond donors (Lipinski definition) is 2. The molecule has 1 rings (SSSR count). The molecule has 0 atom stereocenters. The molecule has 6 heteroatoms. The van der Waals surface area contributed by atoms with Crippen LogP contribution in [0.2, 0.25) is 0 Å². The first-order chi connectivity index (χ1) is 8.51. The number of anilines is 1. The number of carbonyl (C=O) groups excluding carboxylic acids is 1. The number of thiocarbonyl (C=S) groups is 1. The van der Waals surface area contributed by atoms with E-state index in [1.54, 1.807) is 11.8 Å². The van der Waals surface area contributed by atoms with Crippen LogP contribution < -0.4 is 16.4 Å². The molecule has 1 aromatic carbocycles. The third kappa shape index (κ3) is 3.36. The van der Waals surface area contributed by atoms with Crippen LogP contribution in [-0.4, -0.2) is 30.2 Å². The maximum atomic E-state index is 11.1. The fraction of sp³-hybridized carbons (Fsp3) is 0.333. The molecule has 0 bridgehead atoms. The molecule has 1 aromatic rings. The van der Waals surface area contributed by atoms with Crippen molar-refractivity contribution >= 4 is 40.6 Å². The van der Waals surface area contributed by atoms with E-state index in [1.165, 1.54) is 0 Å². The highest BCUT2D eigenvalue weighted by Gasteiger charge is 2.16. The molecule has 0 saturated heterocycles. The van der Waals surface area contributed by atoms with Crippen molar-refractivity contribution in [2.45, 2.75) is 11.8 Å². The lowest BCUT2D eigenvalue weighted by Crippen LogP contribution is -2.35. The Morgan fingerprint density at radius 1 is 1.44 bits per heavy atom. The number of nitrogens with zero attached hydrogens (tertiary/aromatic N) is 1. The highest BCUT2D eigenvalue weighted by Crippen LogP contribution is 2.29. The van der Waals surface area contributed by atoms with Gasteiger partial charge in [-0.15, -0.1) is 11.8 Å². The topological polar surface area (TPSA) is 72.3 Å². The van der Waals surface area contributed by atoms with Crippen molar-refractivity contribution in [1.29, 1.82) is 0 Å². The monoisotopic (exact) mass is 283 g/mol. The minimum atomic E-state index is -0.375. The van der Waals surface area contributed by atoms with Crippen LogP contribution in [0.15, 0.2) is 23.1 Å². The van der Waals surface area contributed by atoms with Gasteiger partial charge in [-0.1, -0.05) is 18.3 Å². The van der Waals surface area contributed by atoms with Gasteiger partial charge in [-0.2, -0.15) is 0 Å². The average Bonchev–Trinajstić information content (AvgIpc) is 2.34. The SMILES string of the molecule is CCN(CC(N)=O)c1cccc(SC)c1C(N)=S. The van der Waals surface area contributed by atoms with Gasteiger partial charge in [0.25, 0.3) is 0 Å². The lowest BCUT2D eigenvalue weighted by Gasteiger charge is -2.25. The molecule has 0 spiro atoms. The Kier molecular flexibility index (Phi) is 5.43. The van der Waals surface area contributed by atoms with E-state index in [9.17, 15) is 4.79 Å². The van der Waals surface area contributed by atoms with Crippen LogP contribution >= 0.6 is 24.0 Å². The minimum absolute atomic E-state index is 0.157. The summed E-state index contributed by atoms with van der Waals surface area (Å²) in [6, 6.07) is 5.79. The molecule has 0 aliphatic rings. The molecule has 0 fully saturated rings. The van der Waals surface area contributed by atoms with Crippen LogP contribution in [0.5, 0.6) is 0 Å². The zero-order chi connectivity index (χ0) is 13.7. The Labute approximate surface area is 117 Å². The Morgan fingerprint density at radius 2 is 2.11 bits per heavy atom. The smallest absolute Gasteiger partial charge is 0.236 e. The van der Waals surface area contributed by atoms with Gasteiger partial charge in [0, 0.05) is 22.7 Å². The highest BCUT2D eigenvalue weighted by atomic mass is 32.2. The summed E-state index contributed by atoms with van der Waals surface area (Å²) < 4.78 is 0. The van der Waals surface area contributed by atoms with Gasteiger partial charge in [-0.05, 0) is 25.3 Å². The molecule has 0 aliphatic carbocycles. The molecule has 0 aromatic heterocycles. The second-order valence-electron chi connectivity index (χ2n) is 3.70. The lowest BCUT2D eigenvalue weighted by atomic mass is 10.1. The molecule has 0 saturated carbocycles. The summed E-state index contributed by atoms with van der Waals surface area (Å²) in [6.45, 7) is 2.78. The quantitative estimate of drug-likeness (QED) is 0.609.